The third-order valence-corrected chi connectivity index (χ3v) is 12.1. The van der Waals surface area contributed by atoms with Gasteiger partial charge in [-0.3, -0.25) is 9.59 Å². The van der Waals surface area contributed by atoms with Crippen molar-refractivity contribution in [1.29, 1.82) is 0 Å². The highest BCUT2D eigenvalue weighted by molar-refractivity contribution is 5.87. The second kappa shape index (κ2) is 16.7. The van der Waals surface area contributed by atoms with Crippen molar-refractivity contribution in [2.75, 3.05) is 20.2 Å². The number of ether oxygens (including phenoxy) is 1. The molecule has 0 radical (unpaired) electrons. The highest BCUT2D eigenvalue weighted by Gasteiger charge is 2.42. The van der Waals surface area contributed by atoms with E-state index in [1.165, 1.54) is 18.2 Å². The topological polar surface area (TPSA) is 186 Å². The van der Waals surface area contributed by atoms with Crippen LogP contribution >= 0.6 is 0 Å². The first kappa shape index (κ1) is 40.5. The van der Waals surface area contributed by atoms with Crippen LogP contribution in [0, 0.1) is 23.7 Å². The Hall–Kier alpha value is -5.66. The van der Waals surface area contributed by atoms with E-state index < -0.39 is 24.3 Å². The Balaban J connectivity index is 0.978. The highest BCUT2D eigenvalue weighted by Crippen LogP contribution is 2.55. The Morgan fingerprint density at radius 2 is 1.10 bits per heavy atom. The van der Waals surface area contributed by atoms with Crippen molar-refractivity contribution < 1.29 is 29.0 Å². The zero-order chi connectivity index (χ0) is 41.4. The predicted octanol–water partition coefficient (Wildman–Crippen LogP) is 7.23. The van der Waals surface area contributed by atoms with Gasteiger partial charge in [-0.15, -0.1) is 0 Å². The summed E-state index contributed by atoms with van der Waals surface area (Å²) in [6, 6.07) is 15.3. The summed E-state index contributed by atoms with van der Waals surface area (Å²) in [4.78, 5) is 70.6. The number of carbonyl (C=O) groups excluding carboxylic acids is 3. The maximum atomic E-state index is 13.7. The third-order valence-electron chi connectivity index (χ3n) is 12.1. The first-order valence-electron chi connectivity index (χ1n) is 20.5. The fourth-order valence-electron chi connectivity index (χ4n) is 8.86. The standard InChI is InChI=1S/C44H56N8O6/c1-23(2)37(49-43(55)56)41(53)51-21-25(5)16-35(51)39-45-19-33(47-39)29-12-8-27(9-13-29)31-18-32(31)28-10-14-30(15-11-28)34-20-46-40(48-34)36-17-26(6)22-52(36)42(54)38(24(3)4)50-44(57)58-7/h8-15,19-20,23-26,31-32,35-38,49H,16-18,21-22H2,1-7H3,(H,45,47)(H,46,48)(H,50,57)(H,55,56)/t25-,26-,31+,32+,35-,36-,37-,38-/m0/s1. The Bertz CT molecular complexity index is 2110. The van der Waals surface area contributed by atoms with Gasteiger partial charge in [0, 0.05) is 13.1 Å². The summed E-state index contributed by atoms with van der Waals surface area (Å²) in [6.07, 6.45) is 4.42. The number of nitrogens with one attached hydrogen (secondary N) is 4. The minimum absolute atomic E-state index is 0.107. The molecular formula is C44H56N8O6. The summed E-state index contributed by atoms with van der Waals surface area (Å²) in [5.74, 6) is 2.22. The molecule has 2 aliphatic heterocycles. The summed E-state index contributed by atoms with van der Waals surface area (Å²) in [6.45, 7) is 12.9. The van der Waals surface area contributed by atoms with Gasteiger partial charge in [0.15, 0.2) is 0 Å². The molecule has 14 heteroatoms. The Morgan fingerprint density at radius 1 is 0.690 bits per heavy atom. The Labute approximate surface area is 339 Å². The lowest BCUT2D eigenvalue weighted by atomic mass is 10.0. The van der Waals surface area contributed by atoms with Gasteiger partial charge in [-0.1, -0.05) is 90.1 Å². The maximum absolute atomic E-state index is 13.7. The van der Waals surface area contributed by atoms with Gasteiger partial charge in [-0.25, -0.2) is 19.6 Å². The molecule has 0 spiro atoms. The Kier molecular flexibility index (Phi) is 11.7. The number of benzene rings is 2. The molecule has 1 saturated carbocycles. The second-order valence-electron chi connectivity index (χ2n) is 17.3. The number of hydrogen-bond donors (Lipinski definition) is 5. The maximum Gasteiger partial charge on any atom is 0.407 e. The van der Waals surface area contributed by atoms with Gasteiger partial charge in [0.05, 0.1) is 43.0 Å². The van der Waals surface area contributed by atoms with Gasteiger partial charge in [0.25, 0.3) is 0 Å². The number of imidazole rings is 2. The van der Waals surface area contributed by atoms with Crippen LogP contribution in [0.5, 0.6) is 0 Å². The Morgan fingerprint density at radius 3 is 1.48 bits per heavy atom. The van der Waals surface area contributed by atoms with E-state index in [-0.39, 0.29) is 41.7 Å². The molecule has 2 aromatic heterocycles. The van der Waals surface area contributed by atoms with Gasteiger partial charge >= 0.3 is 12.2 Å². The molecule has 2 saturated heterocycles. The first-order valence-corrected chi connectivity index (χ1v) is 20.5. The van der Waals surface area contributed by atoms with E-state index in [9.17, 15) is 24.3 Å². The molecule has 4 heterocycles. The van der Waals surface area contributed by atoms with Crippen molar-refractivity contribution in [3.63, 3.8) is 0 Å². The number of aromatic nitrogens is 4. The molecule has 3 fully saturated rings. The zero-order valence-electron chi connectivity index (χ0n) is 34.4. The van der Waals surface area contributed by atoms with Crippen LogP contribution in [0.25, 0.3) is 22.5 Å². The molecule has 2 aromatic carbocycles. The van der Waals surface area contributed by atoms with Crippen molar-refractivity contribution in [3.05, 3.63) is 83.7 Å². The fraction of sp³-hybridized carbons (Fsp3) is 0.500. The molecule has 0 unspecified atom stereocenters. The number of likely N-dealkylation sites (tertiary alicyclic amines) is 2. The summed E-state index contributed by atoms with van der Waals surface area (Å²) >= 11 is 0. The van der Waals surface area contributed by atoms with E-state index in [0.29, 0.717) is 36.7 Å². The summed E-state index contributed by atoms with van der Waals surface area (Å²) in [7, 11) is 1.30. The van der Waals surface area contributed by atoms with Crippen molar-refractivity contribution in [2.24, 2.45) is 23.7 Å². The molecular weight excluding hydrogens is 737 g/mol. The van der Waals surface area contributed by atoms with Crippen molar-refractivity contribution in [2.45, 2.75) is 96.8 Å². The molecule has 7 rings (SSSR count). The molecule has 4 amide bonds. The predicted molar refractivity (Wildman–Crippen MR) is 219 cm³/mol. The molecule has 8 atom stereocenters. The van der Waals surface area contributed by atoms with E-state index in [1.54, 1.807) is 4.90 Å². The van der Waals surface area contributed by atoms with E-state index in [2.05, 4.69) is 83.0 Å². The summed E-state index contributed by atoms with van der Waals surface area (Å²) in [5.41, 5.74) is 6.38. The van der Waals surface area contributed by atoms with E-state index in [1.807, 2.05) is 45.0 Å². The van der Waals surface area contributed by atoms with Gasteiger partial charge in [0.1, 0.15) is 23.7 Å². The lowest BCUT2D eigenvalue weighted by Gasteiger charge is -2.30. The average Bonchev–Trinajstić information content (AvgIpc) is 3.62. The van der Waals surface area contributed by atoms with Gasteiger partial charge in [-0.2, -0.15) is 0 Å². The molecule has 5 N–H and O–H groups in total. The molecule has 3 aliphatic rings. The lowest BCUT2D eigenvalue weighted by Crippen LogP contribution is -2.51. The van der Waals surface area contributed by atoms with Crippen LogP contribution in [-0.4, -0.2) is 91.1 Å². The molecule has 14 nitrogen and oxygen atoms in total. The number of nitrogens with zero attached hydrogens (tertiary/aromatic N) is 4. The van der Waals surface area contributed by atoms with Crippen molar-refractivity contribution >= 4 is 24.0 Å². The molecule has 58 heavy (non-hydrogen) atoms. The highest BCUT2D eigenvalue weighted by atomic mass is 16.5. The minimum atomic E-state index is -1.21. The lowest BCUT2D eigenvalue weighted by molar-refractivity contribution is -0.136. The summed E-state index contributed by atoms with van der Waals surface area (Å²) in [5, 5.41) is 14.5. The normalized spacial score (nSPS) is 23.9. The largest absolute Gasteiger partial charge is 0.465 e. The minimum Gasteiger partial charge on any atom is -0.465 e. The van der Waals surface area contributed by atoms with Gasteiger partial charge < -0.3 is 40.2 Å². The van der Waals surface area contributed by atoms with Crippen molar-refractivity contribution in [3.8, 4) is 22.5 Å². The van der Waals surface area contributed by atoms with E-state index in [4.69, 9.17) is 14.7 Å². The van der Waals surface area contributed by atoms with Crippen LogP contribution in [0.3, 0.4) is 0 Å². The monoisotopic (exact) mass is 792 g/mol. The van der Waals surface area contributed by atoms with Crippen LogP contribution < -0.4 is 10.6 Å². The van der Waals surface area contributed by atoms with Crippen LogP contribution in [-0.2, 0) is 14.3 Å². The number of carboxylic acid groups (broad SMARTS) is 1. The quantitative estimate of drug-likeness (QED) is 0.0995. The average molecular weight is 793 g/mol. The third kappa shape index (κ3) is 8.46. The number of carbonyl (C=O) groups is 4. The van der Waals surface area contributed by atoms with Gasteiger partial charge in [-0.05, 0) is 77.0 Å². The SMILES string of the molecule is COC(=O)N[C@H](C(=O)N1C[C@@H](C)C[C@H]1c1ncc(-c2ccc([C@H]3C[C@@H]3c3ccc(-c4cnc([C@@H]5C[C@H](C)CN5C(=O)[C@@H](NC(=O)O)C(C)C)[nH]4)cc3)cc2)[nH]1)C(C)C. The molecule has 4 aromatic rings. The number of methoxy groups -OCH3 is 1. The van der Waals surface area contributed by atoms with Crippen LogP contribution in [0.15, 0.2) is 60.9 Å². The van der Waals surface area contributed by atoms with Crippen LogP contribution in [0.1, 0.15) is 108 Å². The number of amides is 4. The van der Waals surface area contributed by atoms with Crippen LogP contribution in [0.4, 0.5) is 9.59 Å². The van der Waals surface area contributed by atoms with E-state index in [0.717, 1.165) is 47.6 Å². The van der Waals surface area contributed by atoms with Crippen LogP contribution in [0.2, 0.25) is 0 Å². The number of H-pyrrole nitrogens is 2. The number of aromatic amines is 2. The first-order chi connectivity index (χ1) is 27.7. The number of alkyl carbamates (subject to hydrolysis) is 1. The number of hydrogen-bond acceptors (Lipinski definition) is 7. The molecule has 1 aliphatic carbocycles. The van der Waals surface area contributed by atoms with E-state index >= 15 is 0 Å². The smallest absolute Gasteiger partial charge is 0.407 e. The number of rotatable bonds is 12. The van der Waals surface area contributed by atoms with Gasteiger partial charge in [0.2, 0.25) is 11.8 Å². The van der Waals surface area contributed by atoms with Crippen molar-refractivity contribution in [1.82, 2.24) is 40.4 Å². The molecule has 0 bridgehead atoms. The zero-order valence-corrected chi connectivity index (χ0v) is 34.4. The fourth-order valence-corrected chi connectivity index (χ4v) is 8.86. The second-order valence-corrected chi connectivity index (χ2v) is 17.3. The summed E-state index contributed by atoms with van der Waals surface area (Å²) < 4.78 is 4.78. The molecule has 308 valence electrons.